The van der Waals surface area contributed by atoms with E-state index in [0.29, 0.717) is 13.0 Å². The number of hydrogen-bond acceptors (Lipinski definition) is 5. The first-order valence-electron chi connectivity index (χ1n) is 11.5. The number of aliphatic carboxylic acids is 1. The molecule has 3 saturated heterocycles. The predicted octanol–water partition coefficient (Wildman–Crippen LogP) is 2.63. The summed E-state index contributed by atoms with van der Waals surface area (Å²) in [5.41, 5.74) is -0.522. The second-order valence-electron chi connectivity index (χ2n) is 11.4. The summed E-state index contributed by atoms with van der Waals surface area (Å²) in [5.74, 6) is -2.96. The average Bonchev–Trinajstić information content (AvgIpc) is 3.22. The maximum Gasteiger partial charge on any atom is 0.308 e. The van der Waals surface area contributed by atoms with E-state index < -0.39 is 34.1 Å². The molecule has 3 heterocycles. The summed E-state index contributed by atoms with van der Waals surface area (Å²) >= 11 is 1.52. The molecule has 180 valence electrons. The fourth-order valence-electron chi connectivity index (χ4n) is 6.73. The van der Waals surface area contributed by atoms with Gasteiger partial charge >= 0.3 is 5.97 Å². The quantitative estimate of drug-likeness (QED) is 0.534. The van der Waals surface area contributed by atoms with Gasteiger partial charge in [0.1, 0.15) is 6.04 Å². The molecule has 0 aliphatic carbocycles. The molecule has 2 N–H and O–H groups in total. The number of carbonyl (C=O) groups excluding carboxylic acids is 2. The van der Waals surface area contributed by atoms with Gasteiger partial charge in [0, 0.05) is 23.9 Å². The Balaban J connectivity index is 2.10. The summed E-state index contributed by atoms with van der Waals surface area (Å²) in [6.45, 7) is 16.4. The number of fused-ring (bicyclic) bond motifs is 1. The molecule has 3 aliphatic rings. The molecule has 1 spiro atoms. The maximum absolute atomic E-state index is 14.3. The molecule has 0 aromatic carbocycles. The van der Waals surface area contributed by atoms with Crippen LogP contribution in [0.3, 0.4) is 0 Å². The number of carbonyl (C=O) groups is 3. The van der Waals surface area contributed by atoms with Crippen molar-refractivity contribution in [1.29, 1.82) is 0 Å². The topological polar surface area (TPSA) is 98.2 Å². The minimum atomic E-state index is -0.970. The molecule has 3 unspecified atom stereocenters. The van der Waals surface area contributed by atoms with Crippen molar-refractivity contribution < 1.29 is 24.6 Å². The SMILES string of the molecule is C=CCN(C(=O)C1N(CCO)C(=O)[C@@H]2[C@H](C(=O)O)[C@@H]3CC(C)C12S3)C(C)(C)CC(C)(C)C. The van der Waals surface area contributed by atoms with E-state index >= 15 is 0 Å². The summed E-state index contributed by atoms with van der Waals surface area (Å²) < 4.78 is -0.783. The highest BCUT2D eigenvalue weighted by molar-refractivity contribution is 8.02. The number of aliphatic hydroxyl groups excluding tert-OH is 1. The lowest BCUT2D eigenvalue weighted by atomic mass is 9.66. The third-order valence-corrected chi connectivity index (χ3v) is 9.45. The van der Waals surface area contributed by atoms with Crippen LogP contribution in [-0.2, 0) is 14.4 Å². The number of carboxylic acid groups (broad SMARTS) is 1. The fraction of sp³-hybridized carbons (Fsp3) is 0.792. The smallest absolute Gasteiger partial charge is 0.308 e. The normalized spacial score (nSPS) is 34.0. The van der Waals surface area contributed by atoms with Crippen molar-refractivity contribution in [3.8, 4) is 0 Å². The minimum absolute atomic E-state index is 0.0241. The van der Waals surface area contributed by atoms with Gasteiger partial charge in [-0.25, -0.2) is 0 Å². The monoisotopic (exact) mass is 466 g/mol. The van der Waals surface area contributed by atoms with Crippen LogP contribution in [0.1, 0.15) is 54.4 Å². The minimum Gasteiger partial charge on any atom is -0.481 e. The second-order valence-corrected chi connectivity index (χ2v) is 13.0. The van der Waals surface area contributed by atoms with Gasteiger partial charge in [-0.15, -0.1) is 18.3 Å². The van der Waals surface area contributed by atoms with Crippen molar-refractivity contribution in [2.45, 2.75) is 76.0 Å². The number of likely N-dealkylation sites (tertiary alicyclic amines) is 1. The molecule has 6 atom stereocenters. The molecule has 8 heteroatoms. The van der Waals surface area contributed by atoms with Crippen LogP contribution in [0.5, 0.6) is 0 Å². The van der Waals surface area contributed by atoms with Crippen LogP contribution in [0.2, 0.25) is 0 Å². The van der Waals surface area contributed by atoms with E-state index in [1.54, 1.807) is 11.0 Å². The van der Waals surface area contributed by atoms with E-state index in [4.69, 9.17) is 0 Å². The van der Waals surface area contributed by atoms with Crippen molar-refractivity contribution in [3.05, 3.63) is 12.7 Å². The van der Waals surface area contributed by atoms with Gasteiger partial charge in [-0.05, 0) is 38.0 Å². The lowest BCUT2D eigenvalue weighted by Gasteiger charge is -2.46. The zero-order valence-corrected chi connectivity index (χ0v) is 20.9. The van der Waals surface area contributed by atoms with Crippen LogP contribution in [0.25, 0.3) is 0 Å². The van der Waals surface area contributed by atoms with Crippen molar-refractivity contribution in [3.63, 3.8) is 0 Å². The Labute approximate surface area is 195 Å². The molecule has 7 nitrogen and oxygen atoms in total. The number of rotatable bonds is 8. The summed E-state index contributed by atoms with van der Waals surface area (Å²) in [4.78, 5) is 43.2. The third kappa shape index (κ3) is 3.77. The predicted molar refractivity (Wildman–Crippen MR) is 125 cm³/mol. The van der Waals surface area contributed by atoms with Gasteiger partial charge in [0.2, 0.25) is 11.8 Å². The first kappa shape index (κ1) is 25.1. The van der Waals surface area contributed by atoms with Gasteiger partial charge in [0.05, 0.1) is 23.2 Å². The zero-order chi connectivity index (χ0) is 24.2. The average molecular weight is 467 g/mol. The number of amides is 2. The Morgan fingerprint density at radius 3 is 2.44 bits per heavy atom. The van der Waals surface area contributed by atoms with Crippen molar-refractivity contribution in [2.24, 2.45) is 23.2 Å². The standard InChI is InChI=1S/C24H38N2O5S/c1-8-9-26(23(6,7)13-22(3,4)5)20(29)18-24-14(2)12-15(32-24)16(21(30)31)17(24)19(28)25(18)10-11-27/h8,14-18,27H,1,9-13H2,2-7H3,(H,30,31)/t14?,15-,16+,17-,18?,24?/m0/s1. The van der Waals surface area contributed by atoms with Gasteiger partial charge in [0.25, 0.3) is 0 Å². The first-order chi connectivity index (χ1) is 14.7. The second kappa shape index (κ2) is 8.35. The molecular weight excluding hydrogens is 428 g/mol. The van der Waals surface area contributed by atoms with E-state index in [-0.39, 0.29) is 41.5 Å². The van der Waals surface area contributed by atoms with Crippen LogP contribution in [0, 0.1) is 23.2 Å². The molecule has 2 bridgehead atoms. The van der Waals surface area contributed by atoms with E-state index in [1.165, 1.54) is 16.7 Å². The fourth-order valence-corrected chi connectivity index (χ4v) is 9.14. The Bertz CT molecular complexity index is 807. The van der Waals surface area contributed by atoms with Crippen molar-refractivity contribution >= 4 is 29.5 Å². The molecule has 3 aliphatic heterocycles. The molecule has 3 fully saturated rings. The Morgan fingerprint density at radius 1 is 1.31 bits per heavy atom. The highest BCUT2D eigenvalue weighted by Crippen LogP contribution is 2.68. The molecule has 2 amide bonds. The Kier molecular flexibility index (Phi) is 6.55. The summed E-state index contributed by atoms with van der Waals surface area (Å²) in [6, 6.07) is -0.791. The number of aliphatic hydroxyl groups is 1. The molecule has 0 saturated carbocycles. The number of nitrogens with zero attached hydrogens (tertiary/aromatic N) is 2. The van der Waals surface area contributed by atoms with Crippen molar-refractivity contribution in [2.75, 3.05) is 19.7 Å². The Hall–Kier alpha value is -1.54. The molecular formula is C24H38N2O5S. The summed E-state index contributed by atoms with van der Waals surface area (Å²) in [6.07, 6.45) is 3.13. The van der Waals surface area contributed by atoms with Crippen LogP contribution >= 0.6 is 11.8 Å². The molecule has 0 radical (unpaired) electrons. The Morgan fingerprint density at radius 2 is 1.94 bits per heavy atom. The summed E-state index contributed by atoms with van der Waals surface area (Å²) in [7, 11) is 0. The highest BCUT2D eigenvalue weighted by atomic mass is 32.2. The molecule has 0 aromatic rings. The highest BCUT2D eigenvalue weighted by Gasteiger charge is 2.76. The number of carboxylic acids is 1. The van der Waals surface area contributed by atoms with Crippen LogP contribution < -0.4 is 0 Å². The van der Waals surface area contributed by atoms with E-state index in [2.05, 4.69) is 27.4 Å². The van der Waals surface area contributed by atoms with Gasteiger partial charge in [-0.3, -0.25) is 14.4 Å². The lowest BCUT2D eigenvalue weighted by Crippen LogP contribution is -2.61. The maximum atomic E-state index is 14.3. The molecule has 0 aromatic heterocycles. The van der Waals surface area contributed by atoms with Gasteiger partial charge in [-0.2, -0.15) is 0 Å². The van der Waals surface area contributed by atoms with E-state index in [0.717, 1.165) is 6.42 Å². The molecule has 3 rings (SSSR count). The first-order valence-corrected chi connectivity index (χ1v) is 12.3. The zero-order valence-electron chi connectivity index (χ0n) is 20.1. The van der Waals surface area contributed by atoms with E-state index in [1.807, 2.05) is 20.8 Å². The number of thioether (sulfide) groups is 1. The molecule has 32 heavy (non-hydrogen) atoms. The van der Waals surface area contributed by atoms with Gasteiger partial charge in [-0.1, -0.05) is 33.8 Å². The third-order valence-electron chi connectivity index (χ3n) is 7.38. The van der Waals surface area contributed by atoms with Crippen LogP contribution in [0.15, 0.2) is 12.7 Å². The lowest BCUT2D eigenvalue weighted by molar-refractivity contribution is -0.149. The number of β-amino-alcohol motifs (C(OH)–C–C–N with tert-alkyl or cyclic N) is 1. The van der Waals surface area contributed by atoms with E-state index in [9.17, 15) is 24.6 Å². The van der Waals surface area contributed by atoms with Crippen molar-refractivity contribution in [1.82, 2.24) is 9.80 Å². The van der Waals surface area contributed by atoms with Crippen LogP contribution in [0.4, 0.5) is 0 Å². The number of hydrogen-bond donors (Lipinski definition) is 2. The van der Waals surface area contributed by atoms with Gasteiger partial charge in [0.15, 0.2) is 0 Å². The van der Waals surface area contributed by atoms with Gasteiger partial charge < -0.3 is 20.0 Å². The van der Waals surface area contributed by atoms with Crippen LogP contribution in [-0.4, -0.2) is 79.1 Å². The largest absolute Gasteiger partial charge is 0.481 e. The summed E-state index contributed by atoms with van der Waals surface area (Å²) in [5, 5.41) is 19.5.